The zero-order chi connectivity index (χ0) is 16.5. The van der Waals surface area contributed by atoms with Gasteiger partial charge < -0.3 is 21.5 Å². The first-order chi connectivity index (χ1) is 10.4. The van der Waals surface area contributed by atoms with Crippen molar-refractivity contribution in [3.63, 3.8) is 0 Å². The Balaban J connectivity index is 0.000000541. The number of methoxy groups -OCH3 is 1. The monoisotopic (exact) mass is 303 g/mol. The van der Waals surface area contributed by atoms with Gasteiger partial charge in [0.1, 0.15) is 5.75 Å². The lowest BCUT2D eigenvalue weighted by Crippen LogP contribution is -2.22. The Bertz CT molecular complexity index is 652. The van der Waals surface area contributed by atoms with Crippen molar-refractivity contribution in [2.45, 2.75) is 13.3 Å². The highest BCUT2D eigenvalue weighted by atomic mass is 16.5. The van der Waals surface area contributed by atoms with E-state index in [0.717, 1.165) is 12.2 Å². The topological polar surface area (TPSA) is 107 Å². The molecule has 2 rings (SSSR count). The maximum atomic E-state index is 10.9. The number of nitrogens with two attached hydrogens (primary N) is 2. The first kappa shape index (κ1) is 17.3. The number of ether oxygens (including phenoxy) is 1. The SMILES string of the molecule is COc1ccc2cccc(CCNC(C)=O)c2c1.NC(N)=O. The quantitative estimate of drug-likeness (QED) is 0.797. The number of hydrogen-bond donors (Lipinski definition) is 3. The molecule has 0 aliphatic carbocycles. The smallest absolute Gasteiger partial charge is 0.309 e. The zero-order valence-corrected chi connectivity index (χ0v) is 12.8. The van der Waals surface area contributed by atoms with Crippen LogP contribution in [0.2, 0.25) is 0 Å². The molecule has 0 atom stereocenters. The van der Waals surface area contributed by atoms with Crippen LogP contribution in [0, 0.1) is 0 Å². The first-order valence-electron chi connectivity index (χ1n) is 6.79. The third-order valence-electron chi connectivity index (χ3n) is 2.95. The molecule has 0 unspecified atom stereocenters. The average Bonchev–Trinajstić information content (AvgIpc) is 2.46. The number of hydrogen-bond acceptors (Lipinski definition) is 3. The number of carbonyl (C=O) groups excluding carboxylic acids is 2. The van der Waals surface area contributed by atoms with Gasteiger partial charge in [-0.15, -0.1) is 0 Å². The van der Waals surface area contributed by atoms with Crippen LogP contribution in [0.15, 0.2) is 36.4 Å². The van der Waals surface area contributed by atoms with Crippen LogP contribution in [-0.2, 0) is 11.2 Å². The minimum Gasteiger partial charge on any atom is -0.497 e. The summed E-state index contributed by atoms with van der Waals surface area (Å²) in [6, 6.07) is 11.4. The predicted octanol–water partition coefficient (Wildman–Crippen LogP) is 1.55. The second-order valence-electron chi connectivity index (χ2n) is 4.64. The second-order valence-corrected chi connectivity index (χ2v) is 4.64. The van der Waals surface area contributed by atoms with E-state index in [1.165, 1.54) is 23.3 Å². The molecule has 2 aromatic rings. The molecule has 22 heavy (non-hydrogen) atoms. The molecule has 5 N–H and O–H groups in total. The van der Waals surface area contributed by atoms with Gasteiger partial charge in [-0.05, 0) is 34.9 Å². The van der Waals surface area contributed by atoms with Crippen molar-refractivity contribution in [1.82, 2.24) is 5.32 Å². The Hall–Kier alpha value is -2.76. The van der Waals surface area contributed by atoms with Crippen LogP contribution in [-0.4, -0.2) is 25.6 Å². The standard InChI is InChI=1S/C15H17NO2.CH4N2O/c1-11(17)16-9-8-13-5-3-4-12-6-7-14(18-2)10-15(12)13;2-1(3)4/h3-7,10H,8-9H2,1-2H3,(H,16,17);(H4,2,3,4). The fourth-order valence-electron chi connectivity index (χ4n) is 2.03. The van der Waals surface area contributed by atoms with E-state index in [-0.39, 0.29) is 5.91 Å². The van der Waals surface area contributed by atoms with Crippen LogP contribution in [0.3, 0.4) is 0 Å². The highest BCUT2D eigenvalue weighted by Gasteiger charge is 2.03. The van der Waals surface area contributed by atoms with Crippen molar-refractivity contribution in [3.8, 4) is 5.75 Å². The number of fused-ring (bicyclic) bond motifs is 1. The lowest BCUT2D eigenvalue weighted by molar-refractivity contribution is -0.118. The summed E-state index contributed by atoms with van der Waals surface area (Å²) >= 11 is 0. The van der Waals surface area contributed by atoms with Gasteiger partial charge in [-0.3, -0.25) is 4.79 Å². The minimum atomic E-state index is -0.833. The summed E-state index contributed by atoms with van der Waals surface area (Å²) in [5.74, 6) is 0.863. The number of benzene rings is 2. The number of nitrogens with one attached hydrogen (secondary N) is 1. The molecule has 0 bridgehead atoms. The summed E-state index contributed by atoms with van der Waals surface area (Å²) in [5, 5.41) is 5.19. The molecule has 2 aromatic carbocycles. The van der Waals surface area contributed by atoms with Crippen molar-refractivity contribution in [2.24, 2.45) is 11.5 Å². The third kappa shape index (κ3) is 5.70. The second kappa shape index (κ2) is 8.51. The molecule has 0 aliphatic heterocycles. The van der Waals surface area contributed by atoms with Crippen LogP contribution in [0.4, 0.5) is 4.79 Å². The van der Waals surface area contributed by atoms with Crippen LogP contribution in [0.1, 0.15) is 12.5 Å². The van der Waals surface area contributed by atoms with Crippen molar-refractivity contribution in [2.75, 3.05) is 13.7 Å². The summed E-state index contributed by atoms with van der Waals surface area (Å²) in [5.41, 5.74) is 9.72. The van der Waals surface area contributed by atoms with Crippen LogP contribution in [0.25, 0.3) is 10.8 Å². The average molecular weight is 303 g/mol. The summed E-state index contributed by atoms with van der Waals surface area (Å²) in [4.78, 5) is 19.9. The van der Waals surface area contributed by atoms with E-state index in [1.807, 2.05) is 18.2 Å². The Morgan fingerprint density at radius 2 is 1.86 bits per heavy atom. The molecule has 0 saturated carbocycles. The fraction of sp³-hybridized carbons (Fsp3) is 0.250. The molecule has 6 nitrogen and oxygen atoms in total. The fourth-order valence-corrected chi connectivity index (χ4v) is 2.03. The van der Waals surface area contributed by atoms with E-state index in [0.29, 0.717) is 6.54 Å². The molecule has 0 heterocycles. The third-order valence-corrected chi connectivity index (χ3v) is 2.95. The largest absolute Gasteiger partial charge is 0.497 e. The number of urea groups is 1. The molecular formula is C16H21N3O3. The van der Waals surface area contributed by atoms with Gasteiger partial charge in [0.15, 0.2) is 0 Å². The summed E-state index contributed by atoms with van der Waals surface area (Å²) in [6.07, 6.45) is 0.823. The van der Waals surface area contributed by atoms with E-state index in [9.17, 15) is 4.79 Å². The number of rotatable bonds is 4. The normalized spacial score (nSPS) is 9.55. The predicted molar refractivity (Wildman–Crippen MR) is 86.7 cm³/mol. The van der Waals surface area contributed by atoms with Gasteiger partial charge in [-0.25, -0.2) is 4.79 Å². The molecule has 0 radical (unpaired) electrons. The molecule has 6 heteroatoms. The number of amides is 3. The number of carbonyl (C=O) groups is 2. The van der Waals surface area contributed by atoms with Crippen LogP contribution >= 0.6 is 0 Å². The van der Waals surface area contributed by atoms with Gasteiger partial charge in [0.25, 0.3) is 0 Å². The van der Waals surface area contributed by atoms with Crippen LogP contribution < -0.4 is 21.5 Å². The van der Waals surface area contributed by atoms with Crippen molar-refractivity contribution in [1.29, 1.82) is 0 Å². The molecule has 3 amide bonds. The van der Waals surface area contributed by atoms with Crippen LogP contribution in [0.5, 0.6) is 5.75 Å². The Kier molecular flexibility index (Phi) is 6.69. The molecule has 0 aliphatic rings. The summed E-state index contributed by atoms with van der Waals surface area (Å²) in [7, 11) is 1.67. The van der Waals surface area contributed by atoms with Gasteiger partial charge in [0, 0.05) is 13.5 Å². The lowest BCUT2D eigenvalue weighted by atomic mass is 10.0. The van der Waals surface area contributed by atoms with E-state index in [1.54, 1.807) is 7.11 Å². The highest BCUT2D eigenvalue weighted by molar-refractivity contribution is 5.87. The maximum Gasteiger partial charge on any atom is 0.309 e. The van der Waals surface area contributed by atoms with Gasteiger partial charge in [-0.1, -0.05) is 24.3 Å². The molecule has 0 fully saturated rings. The minimum absolute atomic E-state index is 0.00724. The van der Waals surface area contributed by atoms with Crippen molar-refractivity contribution >= 4 is 22.7 Å². The molecule has 0 aromatic heterocycles. The Labute approximate surface area is 129 Å². The van der Waals surface area contributed by atoms with E-state index >= 15 is 0 Å². The van der Waals surface area contributed by atoms with Gasteiger partial charge in [0.05, 0.1) is 7.11 Å². The molecule has 118 valence electrons. The maximum absolute atomic E-state index is 10.9. The highest BCUT2D eigenvalue weighted by Crippen LogP contribution is 2.24. The summed E-state index contributed by atoms with van der Waals surface area (Å²) < 4.78 is 5.25. The van der Waals surface area contributed by atoms with Gasteiger partial charge >= 0.3 is 6.03 Å². The van der Waals surface area contributed by atoms with Crippen molar-refractivity contribution < 1.29 is 14.3 Å². The Morgan fingerprint density at radius 1 is 1.18 bits per heavy atom. The van der Waals surface area contributed by atoms with Gasteiger partial charge in [0.2, 0.25) is 5.91 Å². The van der Waals surface area contributed by atoms with E-state index in [4.69, 9.17) is 9.53 Å². The first-order valence-corrected chi connectivity index (χ1v) is 6.79. The molecule has 0 saturated heterocycles. The Morgan fingerprint density at radius 3 is 2.45 bits per heavy atom. The molecule has 0 spiro atoms. The molecular weight excluding hydrogens is 282 g/mol. The van der Waals surface area contributed by atoms with Crippen molar-refractivity contribution in [3.05, 3.63) is 42.0 Å². The zero-order valence-electron chi connectivity index (χ0n) is 12.8. The van der Waals surface area contributed by atoms with E-state index < -0.39 is 6.03 Å². The number of primary amides is 2. The lowest BCUT2D eigenvalue weighted by Gasteiger charge is -2.08. The van der Waals surface area contributed by atoms with Gasteiger partial charge in [-0.2, -0.15) is 0 Å². The van der Waals surface area contributed by atoms with E-state index in [2.05, 4.69) is 35.0 Å². The summed E-state index contributed by atoms with van der Waals surface area (Å²) in [6.45, 7) is 2.19.